The molecule has 1 aromatic rings. The minimum atomic E-state index is -0.396. The van der Waals surface area contributed by atoms with E-state index in [-0.39, 0.29) is 16.6 Å². The Bertz CT molecular complexity index is 985. The molecule has 3 aliphatic heterocycles. The normalized spacial score (nSPS) is 35.5. The average molecular weight is 478 g/mol. The number of carbonyl (C=O) groups excluding carboxylic acids is 1. The smallest absolute Gasteiger partial charge is 0.399 e. The fraction of sp³-hybridized carbons (Fsp3) is 0.759. The molecule has 1 spiro atoms. The zero-order valence-corrected chi connectivity index (χ0v) is 22.6. The second kappa shape index (κ2) is 8.07. The molecule has 1 aromatic carbocycles. The van der Waals surface area contributed by atoms with E-state index in [0.29, 0.717) is 18.0 Å². The van der Waals surface area contributed by atoms with Crippen LogP contribution in [0.3, 0.4) is 0 Å². The molecule has 5 aliphatic rings. The van der Waals surface area contributed by atoms with Crippen molar-refractivity contribution in [3.8, 4) is 0 Å². The minimum absolute atomic E-state index is 0.312. The summed E-state index contributed by atoms with van der Waals surface area (Å²) in [5.41, 5.74) is 2.37. The summed E-state index contributed by atoms with van der Waals surface area (Å²) >= 11 is 0. The Labute approximate surface area is 212 Å². The molecular formula is C29H43BN2O3. The summed E-state index contributed by atoms with van der Waals surface area (Å²) in [5.74, 6) is 1.91. The lowest BCUT2D eigenvalue weighted by molar-refractivity contribution is -0.125. The number of benzene rings is 1. The van der Waals surface area contributed by atoms with Gasteiger partial charge in [-0.2, -0.15) is 0 Å². The van der Waals surface area contributed by atoms with Crippen LogP contribution in [0.15, 0.2) is 18.2 Å². The molecule has 0 aromatic heterocycles. The van der Waals surface area contributed by atoms with Gasteiger partial charge >= 0.3 is 7.12 Å². The van der Waals surface area contributed by atoms with Crippen LogP contribution in [0.25, 0.3) is 0 Å². The first-order chi connectivity index (χ1) is 16.5. The quantitative estimate of drug-likeness (QED) is 0.593. The van der Waals surface area contributed by atoms with Gasteiger partial charge in [-0.3, -0.25) is 9.69 Å². The Morgan fingerprint density at radius 3 is 2.09 bits per heavy atom. The number of carbonyl (C=O) groups is 1. The number of hydrogen-bond donors (Lipinski definition) is 0. The van der Waals surface area contributed by atoms with E-state index >= 15 is 0 Å². The first-order valence-corrected chi connectivity index (χ1v) is 14.1. The summed E-state index contributed by atoms with van der Waals surface area (Å²) in [5, 5.41) is 0. The Hall–Kier alpha value is -1.37. The summed E-state index contributed by atoms with van der Waals surface area (Å²) in [6, 6.07) is 7.56. The first kappa shape index (κ1) is 24.0. The van der Waals surface area contributed by atoms with Crippen LogP contribution in [0.4, 0.5) is 5.69 Å². The molecule has 2 saturated carbocycles. The van der Waals surface area contributed by atoms with Crippen LogP contribution in [0.5, 0.6) is 0 Å². The molecular weight excluding hydrogens is 435 g/mol. The maximum absolute atomic E-state index is 14.2. The Kier molecular flexibility index (Phi) is 5.53. The van der Waals surface area contributed by atoms with E-state index in [2.05, 4.69) is 69.5 Å². The number of rotatable bonds is 3. The molecule has 6 heteroatoms. The van der Waals surface area contributed by atoms with Crippen molar-refractivity contribution in [1.82, 2.24) is 4.90 Å². The second-order valence-electron chi connectivity index (χ2n) is 13.4. The van der Waals surface area contributed by atoms with Crippen molar-refractivity contribution in [2.24, 2.45) is 11.8 Å². The fourth-order valence-electron chi connectivity index (χ4n) is 7.28. The molecule has 2 atom stereocenters. The molecule has 4 fully saturated rings. The molecule has 0 N–H and O–H groups in total. The van der Waals surface area contributed by atoms with Gasteiger partial charge in [-0.1, -0.05) is 45.2 Å². The highest BCUT2D eigenvalue weighted by Crippen LogP contribution is 2.52. The lowest BCUT2D eigenvalue weighted by Gasteiger charge is -2.46. The van der Waals surface area contributed by atoms with E-state index in [1.165, 1.54) is 25.1 Å². The number of anilines is 1. The molecule has 6 rings (SSSR count). The summed E-state index contributed by atoms with van der Waals surface area (Å²) in [6.07, 6.45) is 7.71. The minimum Gasteiger partial charge on any atom is -0.399 e. The number of amides is 1. The zero-order chi connectivity index (χ0) is 24.8. The summed E-state index contributed by atoms with van der Waals surface area (Å²) in [4.78, 5) is 19.1. The van der Waals surface area contributed by atoms with Gasteiger partial charge in [0, 0.05) is 30.9 Å². The maximum Gasteiger partial charge on any atom is 0.494 e. The topological polar surface area (TPSA) is 42.0 Å². The Morgan fingerprint density at radius 1 is 0.886 bits per heavy atom. The molecule has 2 aliphatic carbocycles. The van der Waals surface area contributed by atoms with E-state index in [9.17, 15) is 4.79 Å². The van der Waals surface area contributed by atoms with Gasteiger partial charge in [0.1, 0.15) is 0 Å². The third-order valence-corrected chi connectivity index (χ3v) is 10.6. The molecule has 5 nitrogen and oxygen atoms in total. The maximum atomic E-state index is 14.2. The third kappa shape index (κ3) is 3.57. The van der Waals surface area contributed by atoms with Gasteiger partial charge in [-0.25, -0.2) is 0 Å². The standard InChI is InChI=1S/C29H43BN2O3/c1-19-17-31(18-20(19)2)22-15-23(16-22)32-25-14-21(30-34-27(3,4)28(5,6)35-30)10-11-24(25)29(26(32)33)12-8-7-9-13-29/h10-11,14,19-20,22-23H,7-9,12-13,15-18H2,1-6H3/t19-,20+,22?,23?. The number of fused-ring (bicyclic) bond motifs is 2. The Balaban J connectivity index is 1.30. The predicted molar refractivity (Wildman–Crippen MR) is 141 cm³/mol. The van der Waals surface area contributed by atoms with Gasteiger partial charge in [0.05, 0.1) is 16.6 Å². The van der Waals surface area contributed by atoms with Crippen molar-refractivity contribution >= 4 is 24.2 Å². The first-order valence-electron chi connectivity index (χ1n) is 14.1. The van der Waals surface area contributed by atoms with Crippen LogP contribution in [-0.2, 0) is 19.5 Å². The van der Waals surface area contributed by atoms with Gasteiger partial charge in [0.25, 0.3) is 0 Å². The van der Waals surface area contributed by atoms with E-state index in [4.69, 9.17) is 9.31 Å². The van der Waals surface area contributed by atoms with Crippen LogP contribution in [-0.4, -0.2) is 54.3 Å². The highest BCUT2D eigenvalue weighted by molar-refractivity contribution is 6.62. The molecule has 0 radical (unpaired) electrons. The van der Waals surface area contributed by atoms with Gasteiger partial charge in [0.15, 0.2) is 0 Å². The van der Waals surface area contributed by atoms with Crippen LogP contribution in [0.1, 0.15) is 92.1 Å². The molecule has 0 bridgehead atoms. The summed E-state index contributed by atoms with van der Waals surface area (Å²) in [7, 11) is -0.396. The SMILES string of the molecule is C[C@@H]1CN(C2CC(N3C(=O)C4(CCCCC4)c4ccc(B5OC(C)(C)C(C)(C)O5)cc43)C2)C[C@@H]1C. The number of hydrogen-bond acceptors (Lipinski definition) is 4. The van der Waals surface area contributed by atoms with E-state index < -0.39 is 7.12 Å². The van der Waals surface area contributed by atoms with Crippen molar-refractivity contribution in [2.45, 2.75) is 115 Å². The predicted octanol–water partition coefficient (Wildman–Crippen LogP) is 4.65. The van der Waals surface area contributed by atoms with Crippen molar-refractivity contribution < 1.29 is 14.1 Å². The largest absolute Gasteiger partial charge is 0.494 e. The number of likely N-dealkylation sites (tertiary alicyclic amines) is 1. The van der Waals surface area contributed by atoms with Gasteiger partial charge < -0.3 is 14.2 Å². The lowest BCUT2D eigenvalue weighted by atomic mass is 9.69. The van der Waals surface area contributed by atoms with Crippen molar-refractivity contribution in [3.05, 3.63) is 23.8 Å². The molecule has 2 saturated heterocycles. The fourth-order valence-corrected chi connectivity index (χ4v) is 7.28. The van der Waals surface area contributed by atoms with E-state index in [1.54, 1.807) is 0 Å². The highest BCUT2D eigenvalue weighted by Gasteiger charge is 2.56. The van der Waals surface area contributed by atoms with Crippen LogP contribution in [0.2, 0.25) is 0 Å². The van der Waals surface area contributed by atoms with Crippen LogP contribution in [0, 0.1) is 11.8 Å². The van der Waals surface area contributed by atoms with Crippen molar-refractivity contribution in [3.63, 3.8) is 0 Å². The van der Waals surface area contributed by atoms with E-state index in [0.717, 1.165) is 61.5 Å². The monoisotopic (exact) mass is 478 g/mol. The highest BCUT2D eigenvalue weighted by atomic mass is 16.7. The lowest BCUT2D eigenvalue weighted by Crippen LogP contribution is -2.56. The van der Waals surface area contributed by atoms with Gasteiger partial charge in [-0.05, 0) is 82.3 Å². The van der Waals surface area contributed by atoms with Gasteiger partial charge in [-0.15, -0.1) is 0 Å². The second-order valence-corrected chi connectivity index (χ2v) is 13.4. The van der Waals surface area contributed by atoms with Gasteiger partial charge in [0.2, 0.25) is 5.91 Å². The van der Waals surface area contributed by atoms with Crippen LogP contribution >= 0.6 is 0 Å². The van der Waals surface area contributed by atoms with Crippen LogP contribution < -0.4 is 10.4 Å². The molecule has 1 amide bonds. The molecule has 35 heavy (non-hydrogen) atoms. The zero-order valence-electron chi connectivity index (χ0n) is 22.6. The average Bonchev–Trinajstić information content (AvgIpc) is 3.30. The Morgan fingerprint density at radius 2 is 1.49 bits per heavy atom. The molecule has 0 unspecified atom stereocenters. The molecule has 3 heterocycles. The third-order valence-electron chi connectivity index (χ3n) is 10.6. The van der Waals surface area contributed by atoms with Crippen molar-refractivity contribution in [2.75, 3.05) is 18.0 Å². The summed E-state index contributed by atoms with van der Waals surface area (Å²) < 4.78 is 12.8. The molecule has 190 valence electrons. The summed E-state index contributed by atoms with van der Waals surface area (Å²) in [6.45, 7) is 15.6. The number of nitrogens with zero attached hydrogens (tertiary/aromatic N) is 2. The van der Waals surface area contributed by atoms with Crippen molar-refractivity contribution in [1.29, 1.82) is 0 Å². The van der Waals surface area contributed by atoms with E-state index in [1.807, 2.05) is 0 Å².